The predicted octanol–water partition coefficient (Wildman–Crippen LogP) is 5.11. The van der Waals surface area contributed by atoms with Crippen LogP contribution in [0.15, 0.2) is 36.9 Å². The average molecular weight is 311 g/mol. The Morgan fingerprint density at radius 2 is 1.38 bits per heavy atom. The lowest BCUT2D eigenvalue weighted by molar-refractivity contribution is 0.586. The largest absolute Gasteiger partial charge is 0.229 e. The maximum atomic E-state index is 11.4. The average Bonchev–Trinajstić information content (AvgIpc) is 2.49. The highest BCUT2D eigenvalue weighted by molar-refractivity contribution is 7.91. The lowest BCUT2D eigenvalue weighted by atomic mass is 10.2. The molecule has 0 unspecified atom stereocenters. The van der Waals surface area contributed by atoms with Crippen LogP contribution in [-0.2, 0) is 9.84 Å². The summed E-state index contributed by atoms with van der Waals surface area (Å²) in [6, 6.07) is 10.0. The smallest absolute Gasteiger partial charge is 0.150 e. The quantitative estimate of drug-likeness (QED) is 0.594. The molecule has 1 rings (SSSR count). The van der Waals surface area contributed by atoms with Crippen LogP contribution in [0, 0.1) is 0 Å². The van der Waals surface area contributed by atoms with Gasteiger partial charge in [0.05, 0.1) is 11.5 Å². The van der Waals surface area contributed by atoms with Crippen LogP contribution in [0.4, 0.5) is 0 Å². The lowest BCUT2D eigenvalue weighted by Crippen LogP contribution is -2.10. The third kappa shape index (κ3) is 12.4. The summed E-state index contributed by atoms with van der Waals surface area (Å²) < 4.78 is 22.8. The van der Waals surface area contributed by atoms with E-state index >= 15 is 0 Å². The van der Waals surface area contributed by atoms with Crippen molar-refractivity contribution in [2.24, 2.45) is 0 Å². The molecule has 1 aromatic carbocycles. The maximum Gasteiger partial charge on any atom is 0.150 e. The van der Waals surface area contributed by atoms with E-state index in [0.29, 0.717) is 11.5 Å². The number of sulfone groups is 1. The van der Waals surface area contributed by atoms with E-state index in [9.17, 15) is 8.42 Å². The molecule has 120 valence electrons. The molecule has 0 radical (unpaired) electrons. The van der Waals surface area contributed by atoms with E-state index in [-0.39, 0.29) is 0 Å². The summed E-state index contributed by atoms with van der Waals surface area (Å²) in [5.41, 5.74) is 1.17. The number of hydrogen-bond donors (Lipinski definition) is 0. The molecule has 0 fully saturated rings. The molecule has 0 saturated heterocycles. The fourth-order valence-electron chi connectivity index (χ4n) is 1.84. The highest BCUT2D eigenvalue weighted by Crippen LogP contribution is 2.04. The zero-order valence-corrected chi connectivity index (χ0v) is 14.4. The summed E-state index contributed by atoms with van der Waals surface area (Å²) in [6.45, 7) is 7.80. The highest BCUT2D eigenvalue weighted by atomic mass is 32.2. The Labute approximate surface area is 131 Å². The van der Waals surface area contributed by atoms with Crippen molar-refractivity contribution in [2.45, 2.75) is 52.4 Å². The molecule has 0 aromatic heterocycles. The predicted molar refractivity (Wildman–Crippen MR) is 94.2 cm³/mol. The minimum Gasteiger partial charge on any atom is -0.229 e. The van der Waals surface area contributed by atoms with Crippen LogP contribution < -0.4 is 0 Å². The molecule has 0 atom stereocenters. The van der Waals surface area contributed by atoms with Crippen molar-refractivity contribution in [3.63, 3.8) is 0 Å². The van der Waals surface area contributed by atoms with Crippen molar-refractivity contribution < 1.29 is 8.42 Å². The van der Waals surface area contributed by atoms with Crippen LogP contribution in [0.25, 0.3) is 6.08 Å². The van der Waals surface area contributed by atoms with Gasteiger partial charge in [0.15, 0.2) is 0 Å². The summed E-state index contributed by atoms with van der Waals surface area (Å²) in [4.78, 5) is 0. The second-order valence-corrected chi connectivity index (χ2v) is 7.48. The minimum atomic E-state index is -2.73. The standard InChI is InChI=1S/C10H22O2S.C8H8/c1-3-5-7-9-13(11,12)10-8-6-4-2;1-2-8-6-4-3-5-7-8/h3-10H2,1-2H3;2-7H,1H2. The van der Waals surface area contributed by atoms with Crippen molar-refractivity contribution in [1.29, 1.82) is 0 Å². The van der Waals surface area contributed by atoms with Gasteiger partial charge in [-0.05, 0) is 18.4 Å². The van der Waals surface area contributed by atoms with E-state index in [1.807, 2.05) is 36.4 Å². The topological polar surface area (TPSA) is 34.1 Å². The van der Waals surface area contributed by atoms with Gasteiger partial charge in [-0.3, -0.25) is 0 Å². The zero-order chi connectivity index (χ0) is 16.0. The summed E-state index contributed by atoms with van der Waals surface area (Å²) in [6.07, 6.45) is 7.75. The third-order valence-electron chi connectivity index (χ3n) is 3.15. The van der Waals surface area contributed by atoms with Crippen LogP contribution in [-0.4, -0.2) is 19.9 Å². The van der Waals surface area contributed by atoms with Gasteiger partial charge >= 0.3 is 0 Å². The molecule has 0 aliphatic heterocycles. The van der Waals surface area contributed by atoms with Gasteiger partial charge in [0.25, 0.3) is 0 Å². The molecule has 0 aliphatic carbocycles. The summed E-state index contributed by atoms with van der Waals surface area (Å²) in [5, 5.41) is 0. The molecule has 0 heterocycles. The SMILES string of the molecule is C=Cc1ccccc1.CCCCCS(=O)(=O)CCCCC. The van der Waals surface area contributed by atoms with E-state index in [1.165, 1.54) is 5.56 Å². The van der Waals surface area contributed by atoms with Crippen LogP contribution in [0.1, 0.15) is 57.9 Å². The van der Waals surface area contributed by atoms with Crippen LogP contribution in [0.3, 0.4) is 0 Å². The molecule has 1 aromatic rings. The monoisotopic (exact) mass is 310 g/mol. The number of unbranched alkanes of at least 4 members (excludes halogenated alkanes) is 4. The van der Waals surface area contributed by atoms with Crippen molar-refractivity contribution in [3.8, 4) is 0 Å². The molecular formula is C18H30O2S. The Balaban J connectivity index is 0.000000423. The molecule has 0 aliphatic rings. The van der Waals surface area contributed by atoms with Gasteiger partial charge in [-0.2, -0.15) is 0 Å². The molecular weight excluding hydrogens is 280 g/mol. The first-order chi connectivity index (χ1) is 10.1. The summed E-state index contributed by atoms with van der Waals surface area (Å²) in [7, 11) is -2.73. The number of benzene rings is 1. The van der Waals surface area contributed by atoms with E-state index in [2.05, 4.69) is 20.4 Å². The van der Waals surface area contributed by atoms with E-state index < -0.39 is 9.84 Å². The van der Waals surface area contributed by atoms with Gasteiger partial charge in [0.2, 0.25) is 0 Å². The molecule has 21 heavy (non-hydrogen) atoms. The van der Waals surface area contributed by atoms with E-state index in [0.717, 1.165) is 38.5 Å². The molecule has 0 saturated carbocycles. The Morgan fingerprint density at radius 3 is 1.71 bits per heavy atom. The van der Waals surface area contributed by atoms with E-state index in [4.69, 9.17) is 0 Å². The first-order valence-corrected chi connectivity index (χ1v) is 9.75. The Bertz CT molecular complexity index is 433. The maximum absolute atomic E-state index is 11.4. The van der Waals surface area contributed by atoms with Gasteiger partial charge in [-0.1, -0.05) is 82.5 Å². The number of hydrogen-bond acceptors (Lipinski definition) is 2. The van der Waals surface area contributed by atoms with E-state index in [1.54, 1.807) is 0 Å². The minimum absolute atomic E-state index is 0.393. The Kier molecular flexibility index (Phi) is 12.0. The second-order valence-electron chi connectivity index (χ2n) is 5.18. The van der Waals surface area contributed by atoms with Crippen LogP contribution in [0.5, 0.6) is 0 Å². The molecule has 2 nitrogen and oxygen atoms in total. The van der Waals surface area contributed by atoms with Gasteiger partial charge in [-0.15, -0.1) is 0 Å². The van der Waals surface area contributed by atoms with Gasteiger partial charge < -0.3 is 0 Å². The van der Waals surface area contributed by atoms with Gasteiger partial charge in [-0.25, -0.2) is 8.42 Å². The van der Waals surface area contributed by atoms with Gasteiger partial charge in [0.1, 0.15) is 9.84 Å². The summed E-state index contributed by atoms with van der Waals surface area (Å²) in [5.74, 6) is 0.787. The normalized spacial score (nSPS) is 10.6. The Hall–Kier alpha value is -1.09. The van der Waals surface area contributed by atoms with Crippen molar-refractivity contribution in [3.05, 3.63) is 42.5 Å². The molecule has 0 N–H and O–H groups in total. The van der Waals surface area contributed by atoms with Crippen LogP contribution in [0.2, 0.25) is 0 Å². The van der Waals surface area contributed by atoms with Crippen molar-refractivity contribution in [2.75, 3.05) is 11.5 Å². The van der Waals surface area contributed by atoms with Gasteiger partial charge in [0, 0.05) is 0 Å². The highest BCUT2D eigenvalue weighted by Gasteiger charge is 2.08. The first-order valence-electron chi connectivity index (χ1n) is 7.93. The fraction of sp³-hybridized carbons (Fsp3) is 0.556. The third-order valence-corrected chi connectivity index (χ3v) is 4.97. The lowest BCUT2D eigenvalue weighted by Gasteiger charge is -2.02. The number of rotatable bonds is 9. The van der Waals surface area contributed by atoms with Crippen molar-refractivity contribution in [1.82, 2.24) is 0 Å². The van der Waals surface area contributed by atoms with Crippen LogP contribution >= 0.6 is 0 Å². The molecule has 0 spiro atoms. The molecule has 3 heteroatoms. The Morgan fingerprint density at radius 1 is 0.905 bits per heavy atom. The molecule has 0 bridgehead atoms. The van der Waals surface area contributed by atoms with Crippen molar-refractivity contribution >= 4 is 15.9 Å². The zero-order valence-electron chi connectivity index (χ0n) is 13.6. The molecule has 0 amide bonds. The fourth-order valence-corrected chi connectivity index (χ4v) is 3.33. The first kappa shape index (κ1) is 19.9. The second kappa shape index (κ2) is 12.6. The summed E-state index contributed by atoms with van der Waals surface area (Å²) >= 11 is 0.